The van der Waals surface area contributed by atoms with Crippen molar-refractivity contribution in [1.29, 1.82) is 0 Å². The number of amides is 2. The van der Waals surface area contributed by atoms with Crippen LogP contribution in [-0.2, 0) is 9.53 Å². The summed E-state index contributed by atoms with van der Waals surface area (Å²) in [6.07, 6.45) is 1.65. The molecule has 0 unspecified atom stereocenters. The number of halogens is 1. The second-order valence-electron chi connectivity index (χ2n) is 7.17. The fraction of sp³-hybridized carbons (Fsp3) is 0.500. The van der Waals surface area contributed by atoms with Gasteiger partial charge in [-0.25, -0.2) is 9.18 Å². The van der Waals surface area contributed by atoms with Gasteiger partial charge in [-0.1, -0.05) is 11.8 Å². The Kier molecular flexibility index (Phi) is 5.75. The van der Waals surface area contributed by atoms with Crippen molar-refractivity contribution in [3.63, 3.8) is 0 Å². The number of carbonyl (C=O) groups is 2. The van der Waals surface area contributed by atoms with Crippen molar-refractivity contribution in [2.24, 2.45) is 0 Å². The van der Waals surface area contributed by atoms with Crippen LogP contribution in [0.15, 0.2) is 23.4 Å². The molecule has 0 saturated carbocycles. The van der Waals surface area contributed by atoms with Crippen LogP contribution in [-0.4, -0.2) is 70.7 Å². The number of tetrazole rings is 1. The predicted octanol–water partition coefficient (Wildman–Crippen LogP) is 1.45. The molecule has 2 saturated heterocycles. The quantitative estimate of drug-likeness (QED) is 0.680. The van der Waals surface area contributed by atoms with Crippen molar-refractivity contribution in [2.75, 3.05) is 42.2 Å². The number of rotatable bonds is 6. The van der Waals surface area contributed by atoms with Gasteiger partial charge < -0.3 is 15.0 Å². The molecule has 1 aromatic carbocycles. The summed E-state index contributed by atoms with van der Waals surface area (Å²) in [4.78, 5) is 28.1. The number of hydrogen-bond acceptors (Lipinski definition) is 8. The molecule has 2 aromatic rings. The van der Waals surface area contributed by atoms with E-state index < -0.39 is 18.0 Å². The van der Waals surface area contributed by atoms with Gasteiger partial charge in [0.2, 0.25) is 11.1 Å². The minimum absolute atomic E-state index is 0.0283. The molecule has 0 bridgehead atoms. The molecule has 0 aliphatic carbocycles. The summed E-state index contributed by atoms with van der Waals surface area (Å²) in [7, 11) is 0. The summed E-state index contributed by atoms with van der Waals surface area (Å²) < 4.78 is 20.1. The molecule has 10 nitrogen and oxygen atoms in total. The standard InChI is InChI=1S/C18H22FN7O3S/c1-11(27)20-8-14-10-25(18(28)29-14)12-3-4-16(15(19)7-12)24-6-5-13(9-24)26-22-17(30-2)21-23-26/h3-4,7,13-14H,5-6,8-10H2,1-2H3,(H,20,27)/t13-,14+/m1/s1. The topological polar surface area (TPSA) is 105 Å². The maximum Gasteiger partial charge on any atom is 0.414 e. The van der Waals surface area contributed by atoms with E-state index in [1.165, 1.54) is 29.7 Å². The summed E-state index contributed by atoms with van der Waals surface area (Å²) in [5.41, 5.74) is 0.888. The molecule has 2 amide bonds. The van der Waals surface area contributed by atoms with Crippen LogP contribution in [0.1, 0.15) is 19.4 Å². The van der Waals surface area contributed by atoms with Gasteiger partial charge in [0.1, 0.15) is 11.9 Å². The third-order valence-electron chi connectivity index (χ3n) is 5.12. The lowest BCUT2D eigenvalue weighted by Gasteiger charge is -2.21. The van der Waals surface area contributed by atoms with Crippen LogP contribution >= 0.6 is 11.8 Å². The Bertz CT molecular complexity index is 956. The second-order valence-corrected chi connectivity index (χ2v) is 7.95. The first-order valence-corrected chi connectivity index (χ1v) is 10.8. The predicted molar refractivity (Wildman–Crippen MR) is 108 cm³/mol. The van der Waals surface area contributed by atoms with Crippen LogP contribution in [0.4, 0.5) is 20.6 Å². The van der Waals surface area contributed by atoms with E-state index in [-0.39, 0.29) is 25.0 Å². The van der Waals surface area contributed by atoms with E-state index in [0.717, 1.165) is 6.42 Å². The molecule has 1 aromatic heterocycles. The Balaban J connectivity index is 1.42. The molecule has 2 atom stereocenters. The van der Waals surface area contributed by atoms with Gasteiger partial charge in [-0.3, -0.25) is 9.69 Å². The number of nitrogens with zero attached hydrogens (tertiary/aromatic N) is 6. The van der Waals surface area contributed by atoms with Crippen LogP contribution < -0.4 is 15.1 Å². The summed E-state index contributed by atoms with van der Waals surface area (Å²) >= 11 is 1.42. The van der Waals surface area contributed by atoms with E-state index in [9.17, 15) is 14.0 Å². The van der Waals surface area contributed by atoms with Gasteiger partial charge in [-0.2, -0.15) is 4.80 Å². The molecule has 12 heteroatoms. The fourth-order valence-corrected chi connectivity index (χ4v) is 3.90. The molecule has 4 rings (SSSR count). The normalized spacial score (nSPS) is 21.2. The summed E-state index contributed by atoms with van der Waals surface area (Å²) in [6, 6.07) is 4.74. The van der Waals surface area contributed by atoms with Crippen LogP contribution in [0, 0.1) is 5.82 Å². The maximum atomic E-state index is 14.9. The lowest BCUT2D eigenvalue weighted by atomic mass is 10.2. The highest BCUT2D eigenvalue weighted by atomic mass is 32.2. The number of thioether (sulfide) groups is 1. The van der Waals surface area contributed by atoms with Crippen molar-refractivity contribution in [3.8, 4) is 0 Å². The number of carbonyl (C=O) groups excluding carboxylic acids is 2. The SMILES string of the molecule is CSc1nnn([C@@H]2CCN(c3ccc(N4C[C@H](CNC(C)=O)OC4=O)cc3F)C2)n1. The van der Waals surface area contributed by atoms with Gasteiger partial charge in [0.15, 0.2) is 0 Å². The molecule has 2 fully saturated rings. The zero-order valence-electron chi connectivity index (χ0n) is 16.6. The average molecular weight is 435 g/mol. The number of nitrogens with one attached hydrogen (secondary N) is 1. The molecule has 2 aliphatic heterocycles. The summed E-state index contributed by atoms with van der Waals surface area (Å²) in [5.74, 6) is -0.614. The lowest BCUT2D eigenvalue weighted by Crippen LogP contribution is -2.33. The van der Waals surface area contributed by atoms with E-state index in [4.69, 9.17) is 4.74 Å². The number of anilines is 2. The highest BCUT2D eigenvalue weighted by Crippen LogP contribution is 2.32. The van der Waals surface area contributed by atoms with E-state index in [1.807, 2.05) is 11.2 Å². The first kappa shape index (κ1) is 20.4. The van der Waals surface area contributed by atoms with Crippen molar-refractivity contribution >= 4 is 35.1 Å². The highest BCUT2D eigenvalue weighted by molar-refractivity contribution is 7.98. The molecule has 160 valence electrons. The molecular formula is C18H22FN7O3S. The molecule has 2 aliphatic rings. The largest absolute Gasteiger partial charge is 0.442 e. The van der Waals surface area contributed by atoms with E-state index in [0.29, 0.717) is 29.6 Å². The lowest BCUT2D eigenvalue weighted by molar-refractivity contribution is -0.119. The van der Waals surface area contributed by atoms with Gasteiger partial charge >= 0.3 is 6.09 Å². The van der Waals surface area contributed by atoms with E-state index in [1.54, 1.807) is 16.9 Å². The first-order chi connectivity index (χ1) is 14.4. The number of benzene rings is 1. The van der Waals surface area contributed by atoms with Crippen LogP contribution in [0.5, 0.6) is 0 Å². The maximum absolute atomic E-state index is 14.9. The van der Waals surface area contributed by atoms with Crippen LogP contribution in [0.3, 0.4) is 0 Å². The van der Waals surface area contributed by atoms with Crippen LogP contribution in [0.2, 0.25) is 0 Å². The summed E-state index contributed by atoms with van der Waals surface area (Å²) in [6.45, 7) is 3.11. The molecule has 30 heavy (non-hydrogen) atoms. The minimum atomic E-state index is -0.555. The van der Waals surface area contributed by atoms with Gasteiger partial charge in [-0.05, 0) is 36.1 Å². The summed E-state index contributed by atoms with van der Waals surface area (Å²) in [5, 5.41) is 15.6. The number of aromatic nitrogens is 4. The van der Waals surface area contributed by atoms with Crippen molar-refractivity contribution in [2.45, 2.75) is 30.6 Å². The fourth-order valence-electron chi connectivity index (χ4n) is 3.61. The molecule has 0 radical (unpaired) electrons. The van der Waals surface area contributed by atoms with Crippen molar-refractivity contribution < 1.29 is 18.7 Å². The molecule has 3 heterocycles. The molecular weight excluding hydrogens is 413 g/mol. The Labute approximate surface area is 176 Å². The number of hydrogen-bond donors (Lipinski definition) is 1. The number of cyclic esters (lactones) is 1. The van der Waals surface area contributed by atoms with Crippen molar-refractivity contribution in [1.82, 2.24) is 25.5 Å². The van der Waals surface area contributed by atoms with E-state index >= 15 is 0 Å². The van der Waals surface area contributed by atoms with Gasteiger partial charge in [0.05, 0.1) is 30.5 Å². The monoisotopic (exact) mass is 435 g/mol. The minimum Gasteiger partial charge on any atom is -0.442 e. The Morgan fingerprint density at radius 1 is 1.40 bits per heavy atom. The van der Waals surface area contributed by atoms with Crippen molar-refractivity contribution in [3.05, 3.63) is 24.0 Å². The second kappa shape index (κ2) is 8.46. The van der Waals surface area contributed by atoms with Gasteiger partial charge in [-0.15, -0.1) is 10.2 Å². The Hall–Kier alpha value is -2.89. The first-order valence-electron chi connectivity index (χ1n) is 9.55. The molecule has 1 N–H and O–H groups in total. The Morgan fingerprint density at radius 3 is 2.93 bits per heavy atom. The third-order valence-corrected chi connectivity index (χ3v) is 5.65. The smallest absolute Gasteiger partial charge is 0.414 e. The molecule has 0 spiro atoms. The third kappa shape index (κ3) is 4.18. The van der Waals surface area contributed by atoms with Crippen LogP contribution in [0.25, 0.3) is 0 Å². The van der Waals surface area contributed by atoms with Gasteiger partial charge in [0.25, 0.3) is 0 Å². The van der Waals surface area contributed by atoms with Gasteiger partial charge in [0, 0.05) is 20.0 Å². The zero-order chi connectivity index (χ0) is 21.3. The zero-order valence-corrected chi connectivity index (χ0v) is 17.4. The number of ether oxygens (including phenoxy) is 1. The average Bonchev–Trinajstić information content (AvgIpc) is 3.45. The Morgan fingerprint density at radius 2 is 2.23 bits per heavy atom. The van der Waals surface area contributed by atoms with E-state index in [2.05, 4.69) is 20.7 Å². The highest BCUT2D eigenvalue weighted by Gasteiger charge is 2.33.